The van der Waals surface area contributed by atoms with E-state index in [9.17, 15) is 4.79 Å². The first-order chi connectivity index (χ1) is 10.1. The Morgan fingerprint density at radius 3 is 2.67 bits per heavy atom. The highest BCUT2D eigenvalue weighted by Crippen LogP contribution is 2.12. The molecule has 0 aliphatic carbocycles. The number of aromatic nitrogens is 2. The molecule has 6 heteroatoms. The maximum absolute atomic E-state index is 12.3. The molecule has 21 heavy (non-hydrogen) atoms. The molecule has 2 aromatic rings. The van der Waals surface area contributed by atoms with E-state index in [1.165, 1.54) is 6.20 Å². The van der Waals surface area contributed by atoms with Crippen molar-refractivity contribution in [1.29, 1.82) is 0 Å². The second-order valence-electron chi connectivity index (χ2n) is 4.61. The minimum absolute atomic E-state index is 0.169. The topological polar surface area (TPSA) is 58.1 Å². The number of amides is 1. The zero-order chi connectivity index (χ0) is 15.2. The van der Waals surface area contributed by atoms with E-state index in [4.69, 9.17) is 11.6 Å². The Bertz CT molecular complexity index is 615. The summed E-state index contributed by atoms with van der Waals surface area (Å²) in [6.07, 6.45) is 3.07. The lowest BCUT2D eigenvalue weighted by Gasteiger charge is -2.17. The molecule has 0 bridgehead atoms. The van der Waals surface area contributed by atoms with Gasteiger partial charge in [-0.2, -0.15) is 0 Å². The summed E-state index contributed by atoms with van der Waals surface area (Å²) in [6.45, 7) is 3.18. The van der Waals surface area contributed by atoms with Crippen molar-refractivity contribution < 1.29 is 4.79 Å². The molecule has 1 heterocycles. The monoisotopic (exact) mass is 304 g/mol. The van der Waals surface area contributed by atoms with Gasteiger partial charge in [-0.25, -0.2) is 4.98 Å². The summed E-state index contributed by atoms with van der Waals surface area (Å²) in [5, 5.41) is 3.72. The van der Waals surface area contributed by atoms with E-state index in [0.717, 1.165) is 12.1 Å². The predicted molar refractivity (Wildman–Crippen MR) is 83.4 cm³/mol. The van der Waals surface area contributed by atoms with Crippen molar-refractivity contribution in [3.63, 3.8) is 0 Å². The molecule has 0 atom stereocenters. The molecule has 2 rings (SSSR count). The highest BCUT2D eigenvalue weighted by atomic mass is 35.5. The molecule has 0 radical (unpaired) electrons. The van der Waals surface area contributed by atoms with Crippen molar-refractivity contribution in [2.45, 2.75) is 13.5 Å². The largest absolute Gasteiger partial charge is 0.369 e. The zero-order valence-electron chi connectivity index (χ0n) is 12.0. The number of benzene rings is 1. The Morgan fingerprint density at radius 1 is 1.29 bits per heavy atom. The molecule has 0 fully saturated rings. The summed E-state index contributed by atoms with van der Waals surface area (Å²) < 4.78 is 0. The van der Waals surface area contributed by atoms with Gasteiger partial charge in [0.2, 0.25) is 0 Å². The highest BCUT2D eigenvalue weighted by Gasteiger charge is 2.14. The number of hydrogen-bond donors (Lipinski definition) is 1. The summed E-state index contributed by atoms with van der Waals surface area (Å²) in [5.41, 5.74) is 1.33. The van der Waals surface area contributed by atoms with E-state index < -0.39 is 0 Å². The van der Waals surface area contributed by atoms with Crippen LogP contribution in [0.15, 0.2) is 36.7 Å². The van der Waals surface area contributed by atoms with Gasteiger partial charge in [0.25, 0.3) is 5.91 Å². The standard InChI is InChI=1S/C15H17ClN4O/c1-3-18-14-9-17-8-13(19-14)15(21)20(2)10-11-4-6-12(16)7-5-11/h4-9H,3,10H2,1-2H3,(H,18,19). The molecular formula is C15H17ClN4O. The third kappa shape index (κ3) is 4.16. The van der Waals surface area contributed by atoms with Crippen LogP contribution in [0.1, 0.15) is 23.0 Å². The molecule has 110 valence electrons. The Kier molecular flexibility index (Phi) is 5.11. The summed E-state index contributed by atoms with van der Waals surface area (Å²) in [4.78, 5) is 22.2. The van der Waals surface area contributed by atoms with Gasteiger partial charge in [-0.15, -0.1) is 0 Å². The van der Waals surface area contributed by atoms with Crippen LogP contribution in [0.2, 0.25) is 5.02 Å². The van der Waals surface area contributed by atoms with Crippen LogP contribution in [0.3, 0.4) is 0 Å². The molecule has 0 saturated heterocycles. The first-order valence-electron chi connectivity index (χ1n) is 6.66. The first-order valence-corrected chi connectivity index (χ1v) is 7.03. The Labute approximate surface area is 129 Å². The van der Waals surface area contributed by atoms with Crippen LogP contribution < -0.4 is 5.32 Å². The molecular weight excluding hydrogens is 288 g/mol. The van der Waals surface area contributed by atoms with Crippen molar-refractivity contribution in [2.24, 2.45) is 0 Å². The fourth-order valence-electron chi connectivity index (χ4n) is 1.87. The summed E-state index contributed by atoms with van der Waals surface area (Å²) in [5.74, 6) is 0.431. The second-order valence-corrected chi connectivity index (χ2v) is 5.04. The molecule has 5 nitrogen and oxygen atoms in total. The number of nitrogens with one attached hydrogen (secondary N) is 1. The van der Waals surface area contributed by atoms with Crippen molar-refractivity contribution in [3.05, 3.63) is 52.9 Å². The fraction of sp³-hybridized carbons (Fsp3) is 0.267. The van der Waals surface area contributed by atoms with Crippen molar-refractivity contribution in [3.8, 4) is 0 Å². The molecule has 0 aliphatic heterocycles. The molecule has 1 aromatic heterocycles. The second kappa shape index (κ2) is 7.04. The third-order valence-electron chi connectivity index (χ3n) is 2.89. The van der Waals surface area contributed by atoms with E-state index in [1.807, 2.05) is 19.1 Å². The number of carbonyl (C=O) groups is 1. The van der Waals surface area contributed by atoms with Crippen LogP contribution in [0.5, 0.6) is 0 Å². The number of halogens is 1. The lowest BCUT2D eigenvalue weighted by Crippen LogP contribution is -2.27. The van der Waals surface area contributed by atoms with Crippen molar-refractivity contribution in [2.75, 3.05) is 18.9 Å². The van der Waals surface area contributed by atoms with E-state index in [-0.39, 0.29) is 5.91 Å². The van der Waals surface area contributed by atoms with E-state index in [1.54, 1.807) is 30.3 Å². The predicted octanol–water partition coefficient (Wildman–Crippen LogP) is 2.83. The average molecular weight is 305 g/mol. The van der Waals surface area contributed by atoms with Gasteiger partial charge >= 0.3 is 0 Å². The van der Waals surface area contributed by atoms with Gasteiger partial charge in [-0.1, -0.05) is 23.7 Å². The normalized spacial score (nSPS) is 10.2. The maximum Gasteiger partial charge on any atom is 0.274 e. The van der Waals surface area contributed by atoms with Gasteiger partial charge in [0, 0.05) is 25.2 Å². The van der Waals surface area contributed by atoms with Crippen LogP contribution in [0.25, 0.3) is 0 Å². The smallest absolute Gasteiger partial charge is 0.274 e. The third-order valence-corrected chi connectivity index (χ3v) is 3.14. The molecule has 1 N–H and O–H groups in total. The maximum atomic E-state index is 12.3. The SMILES string of the molecule is CCNc1cncc(C(=O)N(C)Cc2ccc(Cl)cc2)n1. The summed E-state index contributed by atoms with van der Waals surface area (Å²) in [7, 11) is 1.73. The highest BCUT2D eigenvalue weighted by molar-refractivity contribution is 6.30. The lowest BCUT2D eigenvalue weighted by atomic mass is 10.2. The molecule has 0 saturated carbocycles. The van der Waals surface area contributed by atoms with Crippen LogP contribution in [0, 0.1) is 0 Å². The van der Waals surface area contributed by atoms with Crippen LogP contribution in [0.4, 0.5) is 5.82 Å². The summed E-state index contributed by atoms with van der Waals surface area (Å²) in [6, 6.07) is 7.40. The lowest BCUT2D eigenvalue weighted by molar-refractivity contribution is 0.0779. The Balaban J connectivity index is 2.08. The van der Waals surface area contributed by atoms with Gasteiger partial charge < -0.3 is 10.2 Å². The first kappa shape index (κ1) is 15.3. The van der Waals surface area contributed by atoms with E-state index in [2.05, 4.69) is 15.3 Å². The van der Waals surface area contributed by atoms with Crippen LogP contribution >= 0.6 is 11.6 Å². The molecule has 0 spiro atoms. The molecule has 1 amide bonds. The Hall–Kier alpha value is -2.14. The van der Waals surface area contributed by atoms with Gasteiger partial charge in [0.15, 0.2) is 0 Å². The van der Waals surface area contributed by atoms with Crippen LogP contribution in [-0.4, -0.2) is 34.4 Å². The van der Waals surface area contributed by atoms with Crippen molar-refractivity contribution in [1.82, 2.24) is 14.9 Å². The number of anilines is 1. The Morgan fingerprint density at radius 2 is 2.00 bits per heavy atom. The number of nitrogens with zero attached hydrogens (tertiary/aromatic N) is 3. The number of carbonyl (C=O) groups excluding carboxylic acids is 1. The van der Waals surface area contributed by atoms with Gasteiger partial charge in [-0.05, 0) is 24.6 Å². The van der Waals surface area contributed by atoms with E-state index >= 15 is 0 Å². The van der Waals surface area contributed by atoms with Gasteiger partial charge in [-0.3, -0.25) is 9.78 Å². The van der Waals surface area contributed by atoms with Gasteiger partial charge in [0.1, 0.15) is 11.5 Å². The molecule has 1 aromatic carbocycles. The number of hydrogen-bond acceptors (Lipinski definition) is 4. The average Bonchev–Trinajstić information content (AvgIpc) is 2.49. The van der Waals surface area contributed by atoms with Gasteiger partial charge in [0.05, 0.1) is 12.4 Å². The minimum Gasteiger partial charge on any atom is -0.369 e. The quantitative estimate of drug-likeness (QED) is 0.923. The number of rotatable bonds is 5. The zero-order valence-corrected chi connectivity index (χ0v) is 12.8. The summed E-state index contributed by atoms with van der Waals surface area (Å²) >= 11 is 5.85. The minimum atomic E-state index is -0.169. The molecule has 0 aliphatic rings. The van der Waals surface area contributed by atoms with Crippen molar-refractivity contribution >= 4 is 23.3 Å². The van der Waals surface area contributed by atoms with Crippen LogP contribution in [-0.2, 0) is 6.54 Å². The molecule has 0 unspecified atom stereocenters. The van der Waals surface area contributed by atoms with E-state index in [0.29, 0.717) is 23.1 Å². The fourth-order valence-corrected chi connectivity index (χ4v) is 1.99.